The minimum absolute atomic E-state index is 0.0563. The number of nitrogens with one attached hydrogen (secondary N) is 1. The molecule has 1 aliphatic rings. The summed E-state index contributed by atoms with van der Waals surface area (Å²) in [5.41, 5.74) is 3.64. The molecule has 6 heteroatoms. The van der Waals surface area contributed by atoms with Gasteiger partial charge in [0, 0.05) is 24.8 Å². The number of hydrazine groups is 1. The zero-order valence-electron chi connectivity index (χ0n) is 12.4. The number of nitrogens with zero attached hydrogens (tertiary/aromatic N) is 3. The SMILES string of the molecule is CCCc1cc(NN)nc(C2CN(CCC)CCO2)n1. The molecular weight excluding hydrogens is 254 g/mol. The van der Waals surface area contributed by atoms with E-state index in [9.17, 15) is 0 Å². The van der Waals surface area contributed by atoms with Crippen molar-refractivity contribution < 1.29 is 4.74 Å². The van der Waals surface area contributed by atoms with Crippen molar-refractivity contribution in [2.45, 2.75) is 39.2 Å². The summed E-state index contributed by atoms with van der Waals surface area (Å²) in [5.74, 6) is 6.90. The molecule has 1 aromatic rings. The standard InChI is InChI=1S/C14H25N5O/c1-3-5-11-9-13(18-15)17-14(16-11)12-10-19(6-4-2)7-8-20-12/h9,12H,3-8,10,15H2,1-2H3,(H,16,17,18). The zero-order chi connectivity index (χ0) is 14.4. The quantitative estimate of drug-likeness (QED) is 0.607. The second-order valence-electron chi connectivity index (χ2n) is 5.16. The van der Waals surface area contributed by atoms with E-state index in [0.29, 0.717) is 5.82 Å². The third-order valence-corrected chi connectivity index (χ3v) is 3.43. The van der Waals surface area contributed by atoms with Gasteiger partial charge in [0.25, 0.3) is 0 Å². The van der Waals surface area contributed by atoms with Crippen LogP contribution in [0.5, 0.6) is 0 Å². The summed E-state index contributed by atoms with van der Waals surface area (Å²) in [6.07, 6.45) is 3.07. The number of nitrogen functional groups attached to an aromatic ring is 1. The van der Waals surface area contributed by atoms with Crippen LogP contribution in [0.15, 0.2) is 6.07 Å². The normalized spacial score (nSPS) is 20.1. The maximum Gasteiger partial charge on any atom is 0.161 e. The molecule has 1 aliphatic heterocycles. The average molecular weight is 279 g/mol. The molecule has 0 saturated carbocycles. The van der Waals surface area contributed by atoms with Crippen molar-refractivity contribution >= 4 is 5.82 Å². The highest BCUT2D eigenvalue weighted by Gasteiger charge is 2.24. The van der Waals surface area contributed by atoms with Crippen molar-refractivity contribution in [3.05, 3.63) is 17.6 Å². The van der Waals surface area contributed by atoms with Crippen molar-refractivity contribution in [3.8, 4) is 0 Å². The first-order chi connectivity index (χ1) is 9.76. The fraction of sp³-hybridized carbons (Fsp3) is 0.714. The maximum atomic E-state index is 5.84. The number of nitrogens with two attached hydrogens (primary N) is 1. The number of hydrogen-bond donors (Lipinski definition) is 2. The third-order valence-electron chi connectivity index (χ3n) is 3.43. The van der Waals surface area contributed by atoms with E-state index >= 15 is 0 Å². The molecule has 2 rings (SSSR count). The van der Waals surface area contributed by atoms with Crippen LogP contribution >= 0.6 is 0 Å². The van der Waals surface area contributed by atoms with Crippen LogP contribution in [0.4, 0.5) is 5.82 Å². The van der Waals surface area contributed by atoms with Gasteiger partial charge in [-0.2, -0.15) is 0 Å². The van der Waals surface area contributed by atoms with Crippen molar-refractivity contribution in [1.82, 2.24) is 14.9 Å². The summed E-state index contributed by atoms with van der Waals surface area (Å²) in [4.78, 5) is 11.5. The van der Waals surface area contributed by atoms with Crippen LogP contribution in [0.25, 0.3) is 0 Å². The highest BCUT2D eigenvalue weighted by Crippen LogP contribution is 2.21. The van der Waals surface area contributed by atoms with Crippen LogP contribution in [0.1, 0.15) is 44.3 Å². The summed E-state index contributed by atoms with van der Waals surface area (Å²) in [6.45, 7) is 8.00. The molecule has 3 N–H and O–H groups in total. The Balaban J connectivity index is 2.15. The lowest BCUT2D eigenvalue weighted by Gasteiger charge is -2.32. The van der Waals surface area contributed by atoms with E-state index in [1.807, 2.05) is 6.07 Å². The molecule has 0 aromatic carbocycles. The lowest BCUT2D eigenvalue weighted by Crippen LogP contribution is -2.39. The van der Waals surface area contributed by atoms with Crippen molar-refractivity contribution in [2.75, 3.05) is 31.7 Å². The monoisotopic (exact) mass is 279 g/mol. The van der Waals surface area contributed by atoms with Gasteiger partial charge in [0.2, 0.25) is 0 Å². The predicted octanol–water partition coefficient (Wildman–Crippen LogP) is 1.50. The largest absolute Gasteiger partial charge is 0.368 e. The summed E-state index contributed by atoms with van der Waals surface area (Å²) >= 11 is 0. The van der Waals surface area contributed by atoms with Crippen LogP contribution in [-0.4, -0.2) is 41.1 Å². The number of hydrogen-bond acceptors (Lipinski definition) is 6. The first kappa shape index (κ1) is 15.2. The minimum atomic E-state index is -0.0563. The van der Waals surface area contributed by atoms with E-state index in [1.165, 1.54) is 0 Å². The fourth-order valence-electron chi connectivity index (χ4n) is 2.50. The Morgan fingerprint density at radius 3 is 2.95 bits per heavy atom. The Kier molecular flexibility index (Phi) is 5.70. The number of rotatable bonds is 6. The summed E-state index contributed by atoms with van der Waals surface area (Å²) in [6, 6.07) is 1.90. The van der Waals surface area contributed by atoms with Gasteiger partial charge in [-0.05, 0) is 19.4 Å². The van der Waals surface area contributed by atoms with Crippen LogP contribution in [0.3, 0.4) is 0 Å². The average Bonchev–Trinajstić information content (AvgIpc) is 2.48. The predicted molar refractivity (Wildman–Crippen MR) is 79.3 cm³/mol. The van der Waals surface area contributed by atoms with E-state index in [4.69, 9.17) is 10.6 Å². The number of ether oxygens (including phenoxy) is 1. The Labute approximate surface area is 120 Å². The van der Waals surface area contributed by atoms with E-state index in [1.54, 1.807) is 0 Å². The van der Waals surface area contributed by atoms with Crippen LogP contribution in [-0.2, 0) is 11.2 Å². The van der Waals surface area contributed by atoms with Gasteiger partial charge in [0.05, 0.1) is 6.61 Å². The topological polar surface area (TPSA) is 76.3 Å². The summed E-state index contributed by atoms with van der Waals surface area (Å²) in [5, 5.41) is 0. The van der Waals surface area contributed by atoms with Gasteiger partial charge >= 0.3 is 0 Å². The van der Waals surface area contributed by atoms with Crippen molar-refractivity contribution in [1.29, 1.82) is 0 Å². The van der Waals surface area contributed by atoms with Crippen molar-refractivity contribution in [2.24, 2.45) is 5.84 Å². The molecule has 1 aromatic heterocycles. The van der Waals surface area contributed by atoms with Crippen LogP contribution in [0, 0.1) is 0 Å². The second kappa shape index (κ2) is 7.52. The van der Waals surface area contributed by atoms with Gasteiger partial charge in [0.1, 0.15) is 11.9 Å². The number of morpholine rings is 1. The van der Waals surface area contributed by atoms with Gasteiger partial charge in [-0.15, -0.1) is 0 Å². The smallest absolute Gasteiger partial charge is 0.161 e. The number of anilines is 1. The third kappa shape index (κ3) is 3.88. The zero-order valence-corrected chi connectivity index (χ0v) is 12.4. The number of aryl methyl sites for hydroxylation is 1. The highest BCUT2D eigenvalue weighted by molar-refractivity contribution is 5.35. The lowest BCUT2D eigenvalue weighted by atomic mass is 10.2. The molecule has 1 saturated heterocycles. The highest BCUT2D eigenvalue weighted by atomic mass is 16.5. The van der Waals surface area contributed by atoms with Crippen molar-refractivity contribution in [3.63, 3.8) is 0 Å². The Hall–Kier alpha value is -1.24. The summed E-state index contributed by atoms with van der Waals surface area (Å²) < 4.78 is 5.84. The minimum Gasteiger partial charge on any atom is -0.368 e. The maximum absolute atomic E-state index is 5.84. The Bertz CT molecular complexity index is 424. The van der Waals surface area contributed by atoms with Gasteiger partial charge in [-0.1, -0.05) is 20.3 Å². The van der Waals surface area contributed by atoms with Gasteiger partial charge in [0.15, 0.2) is 5.82 Å². The summed E-state index contributed by atoms with van der Waals surface area (Å²) in [7, 11) is 0. The van der Waals surface area contributed by atoms with Gasteiger partial charge < -0.3 is 10.2 Å². The van der Waals surface area contributed by atoms with E-state index in [0.717, 1.165) is 57.0 Å². The molecule has 1 atom stereocenters. The molecule has 1 fully saturated rings. The van der Waals surface area contributed by atoms with Crippen LogP contribution < -0.4 is 11.3 Å². The Morgan fingerprint density at radius 2 is 2.25 bits per heavy atom. The Morgan fingerprint density at radius 1 is 1.40 bits per heavy atom. The second-order valence-corrected chi connectivity index (χ2v) is 5.16. The van der Waals surface area contributed by atoms with Crippen LogP contribution in [0.2, 0.25) is 0 Å². The first-order valence-corrected chi connectivity index (χ1v) is 7.45. The molecule has 0 amide bonds. The molecule has 0 spiro atoms. The molecule has 0 radical (unpaired) electrons. The molecule has 2 heterocycles. The molecular formula is C14H25N5O. The van der Waals surface area contributed by atoms with Gasteiger partial charge in [-0.3, -0.25) is 4.90 Å². The lowest BCUT2D eigenvalue weighted by molar-refractivity contribution is -0.0342. The number of aromatic nitrogens is 2. The molecule has 0 aliphatic carbocycles. The van der Waals surface area contributed by atoms with E-state index in [2.05, 4.69) is 34.1 Å². The molecule has 112 valence electrons. The fourth-order valence-corrected chi connectivity index (χ4v) is 2.50. The first-order valence-electron chi connectivity index (χ1n) is 7.45. The van der Waals surface area contributed by atoms with Gasteiger partial charge in [-0.25, -0.2) is 15.8 Å². The van der Waals surface area contributed by atoms with E-state index < -0.39 is 0 Å². The molecule has 0 bridgehead atoms. The molecule has 20 heavy (non-hydrogen) atoms. The van der Waals surface area contributed by atoms with E-state index in [-0.39, 0.29) is 6.10 Å². The molecule has 6 nitrogen and oxygen atoms in total. The molecule has 1 unspecified atom stereocenters.